The van der Waals surface area contributed by atoms with Gasteiger partial charge in [0.05, 0.1) is 5.75 Å². The summed E-state index contributed by atoms with van der Waals surface area (Å²) in [7, 11) is -2.82. The molecule has 0 radical (unpaired) electrons. The number of nitrogens with zero attached hydrogens (tertiary/aromatic N) is 1. The minimum Gasteiger partial charge on any atom is -0.309 e. The van der Waals surface area contributed by atoms with E-state index in [9.17, 15) is 8.42 Å². The molecular weight excluding hydrogens is 200 g/mol. The summed E-state index contributed by atoms with van der Waals surface area (Å²) in [5.41, 5.74) is 0.107. The normalized spacial score (nSPS) is 23.6. The van der Waals surface area contributed by atoms with E-state index in [4.69, 9.17) is 0 Å². The van der Waals surface area contributed by atoms with Crippen LogP contribution in [0.4, 0.5) is 0 Å². The maximum atomic E-state index is 11.0. The lowest BCUT2D eigenvalue weighted by molar-refractivity contribution is 0.162. The first-order chi connectivity index (χ1) is 6.29. The van der Waals surface area contributed by atoms with Crippen molar-refractivity contribution in [3.8, 4) is 0 Å². The van der Waals surface area contributed by atoms with Crippen LogP contribution in [0.15, 0.2) is 0 Å². The highest BCUT2D eigenvalue weighted by Crippen LogP contribution is 2.09. The molecule has 1 aliphatic rings. The van der Waals surface area contributed by atoms with Gasteiger partial charge in [0.15, 0.2) is 0 Å². The topological polar surface area (TPSA) is 49.4 Å². The van der Waals surface area contributed by atoms with Gasteiger partial charge < -0.3 is 5.32 Å². The first-order valence-electron chi connectivity index (χ1n) is 4.94. The standard InChI is InChI=1S/C9H20N2O2S/c1-9(2)8-11(5-4-10-9)6-7-14(3,12)13/h10H,4-8H2,1-3H3. The van der Waals surface area contributed by atoms with Gasteiger partial charge in [0.1, 0.15) is 9.84 Å². The van der Waals surface area contributed by atoms with E-state index in [1.807, 2.05) is 0 Å². The van der Waals surface area contributed by atoms with Crippen molar-refractivity contribution in [3.63, 3.8) is 0 Å². The van der Waals surface area contributed by atoms with Crippen LogP contribution in [0.25, 0.3) is 0 Å². The number of piperazine rings is 1. The monoisotopic (exact) mass is 220 g/mol. The van der Waals surface area contributed by atoms with Gasteiger partial charge in [0.2, 0.25) is 0 Å². The summed E-state index contributed by atoms with van der Waals surface area (Å²) >= 11 is 0. The molecule has 0 aromatic rings. The van der Waals surface area contributed by atoms with Gasteiger partial charge in [-0.15, -0.1) is 0 Å². The molecule has 14 heavy (non-hydrogen) atoms. The number of rotatable bonds is 3. The van der Waals surface area contributed by atoms with E-state index in [-0.39, 0.29) is 11.3 Å². The Morgan fingerprint density at radius 2 is 2.07 bits per heavy atom. The lowest BCUT2D eigenvalue weighted by Crippen LogP contribution is -2.57. The van der Waals surface area contributed by atoms with Gasteiger partial charge in [0, 0.05) is 38.0 Å². The van der Waals surface area contributed by atoms with Crippen LogP contribution in [0.2, 0.25) is 0 Å². The molecule has 1 aliphatic heterocycles. The van der Waals surface area contributed by atoms with Crippen LogP contribution in [0.5, 0.6) is 0 Å². The molecule has 0 saturated carbocycles. The predicted octanol–water partition coefficient (Wildman–Crippen LogP) is -0.285. The Kier molecular flexibility index (Phi) is 3.55. The van der Waals surface area contributed by atoms with Gasteiger partial charge >= 0.3 is 0 Å². The summed E-state index contributed by atoms with van der Waals surface area (Å²) in [6.07, 6.45) is 1.29. The van der Waals surface area contributed by atoms with Crippen molar-refractivity contribution in [2.24, 2.45) is 0 Å². The molecule has 0 unspecified atom stereocenters. The highest BCUT2D eigenvalue weighted by atomic mass is 32.2. The SMILES string of the molecule is CC1(C)CN(CCS(C)(=O)=O)CCN1. The van der Waals surface area contributed by atoms with Gasteiger partial charge in [-0.2, -0.15) is 0 Å². The van der Waals surface area contributed by atoms with Crippen LogP contribution >= 0.6 is 0 Å². The van der Waals surface area contributed by atoms with E-state index < -0.39 is 9.84 Å². The Morgan fingerprint density at radius 3 is 2.57 bits per heavy atom. The van der Waals surface area contributed by atoms with Gasteiger partial charge in [-0.3, -0.25) is 4.90 Å². The zero-order chi connectivity index (χ0) is 10.8. The molecule has 0 aromatic heterocycles. The highest BCUT2D eigenvalue weighted by molar-refractivity contribution is 7.90. The van der Waals surface area contributed by atoms with E-state index in [0.29, 0.717) is 6.54 Å². The molecule has 0 bridgehead atoms. The fourth-order valence-electron chi connectivity index (χ4n) is 1.73. The molecule has 84 valence electrons. The molecule has 1 rings (SSSR count). The van der Waals surface area contributed by atoms with E-state index in [0.717, 1.165) is 19.6 Å². The molecule has 0 amide bonds. The highest BCUT2D eigenvalue weighted by Gasteiger charge is 2.25. The van der Waals surface area contributed by atoms with Crippen molar-refractivity contribution < 1.29 is 8.42 Å². The number of hydrogen-bond donors (Lipinski definition) is 1. The van der Waals surface area contributed by atoms with Crippen LogP contribution in [-0.2, 0) is 9.84 Å². The summed E-state index contributed by atoms with van der Waals surface area (Å²) in [6.45, 7) is 7.74. The summed E-state index contributed by atoms with van der Waals surface area (Å²) in [4.78, 5) is 2.21. The second kappa shape index (κ2) is 4.16. The van der Waals surface area contributed by atoms with Crippen molar-refractivity contribution in [2.45, 2.75) is 19.4 Å². The molecule has 0 spiro atoms. The molecule has 5 heteroatoms. The molecule has 1 saturated heterocycles. The van der Waals surface area contributed by atoms with Crippen LogP contribution in [0.1, 0.15) is 13.8 Å². The van der Waals surface area contributed by atoms with E-state index in [1.54, 1.807) is 0 Å². The summed E-state index contributed by atoms with van der Waals surface area (Å²) in [5.74, 6) is 0.267. The Bertz CT molecular complexity index is 285. The van der Waals surface area contributed by atoms with E-state index >= 15 is 0 Å². The minimum atomic E-state index is -2.82. The molecule has 1 heterocycles. The van der Waals surface area contributed by atoms with Crippen molar-refractivity contribution in [1.29, 1.82) is 0 Å². The zero-order valence-electron chi connectivity index (χ0n) is 9.21. The third kappa shape index (κ3) is 4.39. The van der Waals surface area contributed by atoms with Gasteiger partial charge in [0.25, 0.3) is 0 Å². The van der Waals surface area contributed by atoms with Gasteiger partial charge in [-0.25, -0.2) is 8.42 Å². The van der Waals surface area contributed by atoms with Gasteiger partial charge in [-0.05, 0) is 13.8 Å². The maximum absolute atomic E-state index is 11.0. The van der Waals surface area contributed by atoms with Crippen molar-refractivity contribution >= 4 is 9.84 Å². The maximum Gasteiger partial charge on any atom is 0.148 e. The minimum absolute atomic E-state index is 0.107. The third-order valence-corrected chi connectivity index (χ3v) is 3.35. The van der Waals surface area contributed by atoms with Crippen LogP contribution in [0, 0.1) is 0 Å². The lowest BCUT2D eigenvalue weighted by Gasteiger charge is -2.39. The number of nitrogens with one attached hydrogen (secondary N) is 1. The fourth-order valence-corrected chi connectivity index (χ4v) is 2.32. The number of sulfone groups is 1. The Labute approximate surface area is 86.6 Å². The fraction of sp³-hybridized carbons (Fsp3) is 1.00. The second-order valence-corrected chi connectivity index (χ2v) is 6.98. The zero-order valence-corrected chi connectivity index (χ0v) is 10.0. The van der Waals surface area contributed by atoms with E-state index in [1.165, 1.54) is 6.26 Å². The van der Waals surface area contributed by atoms with Crippen LogP contribution in [0.3, 0.4) is 0 Å². The summed E-state index contributed by atoms with van der Waals surface area (Å²) in [5, 5.41) is 3.39. The molecule has 0 aromatic carbocycles. The third-order valence-electron chi connectivity index (χ3n) is 2.43. The van der Waals surface area contributed by atoms with E-state index in [2.05, 4.69) is 24.1 Å². The lowest BCUT2D eigenvalue weighted by atomic mass is 10.0. The molecule has 1 fully saturated rings. The smallest absolute Gasteiger partial charge is 0.148 e. The predicted molar refractivity (Wildman–Crippen MR) is 58.2 cm³/mol. The van der Waals surface area contributed by atoms with Crippen molar-refractivity contribution in [1.82, 2.24) is 10.2 Å². The van der Waals surface area contributed by atoms with Crippen molar-refractivity contribution in [2.75, 3.05) is 38.2 Å². The Morgan fingerprint density at radius 1 is 1.43 bits per heavy atom. The van der Waals surface area contributed by atoms with Gasteiger partial charge in [-0.1, -0.05) is 0 Å². The second-order valence-electron chi connectivity index (χ2n) is 4.72. The summed E-state index contributed by atoms with van der Waals surface area (Å²) in [6, 6.07) is 0. The quantitative estimate of drug-likeness (QED) is 0.710. The van der Waals surface area contributed by atoms with Crippen LogP contribution < -0.4 is 5.32 Å². The molecule has 1 N–H and O–H groups in total. The average molecular weight is 220 g/mol. The Balaban J connectivity index is 2.39. The van der Waals surface area contributed by atoms with Crippen molar-refractivity contribution in [3.05, 3.63) is 0 Å². The first-order valence-corrected chi connectivity index (χ1v) is 7.00. The number of hydrogen-bond acceptors (Lipinski definition) is 4. The first kappa shape index (κ1) is 11.9. The Hall–Kier alpha value is -0.130. The summed E-state index contributed by atoms with van der Waals surface area (Å²) < 4.78 is 22.0. The molecule has 0 atom stereocenters. The molecular formula is C9H20N2O2S. The largest absolute Gasteiger partial charge is 0.309 e. The van der Waals surface area contributed by atoms with Crippen LogP contribution in [-0.4, -0.2) is 57.0 Å². The molecule has 4 nitrogen and oxygen atoms in total. The average Bonchev–Trinajstić information content (AvgIpc) is 1.98. The molecule has 0 aliphatic carbocycles.